The van der Waals surface area contributed by atoms with Gasteiger partial charge < -0.3 is 15.9 Å². The number of halogens is 1. The monoisotopic (exact) mass is 257 g/mol. The van der Waals surface area contributed by atoms with Gasteiger partial charge in [-0.15, -0.1) is 0 Å². The SMILES string of the molecule is N[C@H](C(=O)O)[C@H](CC(=O)O)c1ccc(Cl)cc1. The Kier molecular flexibility index (Phi) is 4.48. The highest BCUT2D eigenvalue weighted by Gasteiger charge is 2.27. The van der Waals surface area contributed by atoms with E-state index in [1.165, 1.54) is 0 Å². The lowest BCUT2D eigenvalue weighted by Crippen LogP contribution is -2.37. The highest BCUT2D eigenvalue weighted by atomic mass is 35.5. The van der Waals surface area contributed by atoms with E-state index in [-0.39, 0.29) is 6.42 Å². The molecule has 0 spiro atoms. The van der Waals surface area contributed by atoms with Crippen molar-refractivity contribution >= 4 is 23.5 Å². The van der Waals surface area contributed by atoms with E-state index in [1.807, 2.05) is 0 Å². The summed E-state index contributed by atoms with van der Waals surface area (Å²) in [5.41, 5.74) is 6.03. The number of nitrogens with two attached hydrogens (primary N) is 1. The van der Waals surface area contributed by atoms with Crippen LogP contribution in [0.5, 0.6) is 0 Å². The maximum absolute atomic E-state index is 10.8. The van der Waals surface area contributed by atoms with Gasteiger partial charge in [0.2, 0.25) is 0 Å². The Morgan fingerprint density at radius 2 is 1.76 bits per heavy atom. The van der Waals surface area contributed by atoms with Crippen molar-refractivity contribution < 1.29 is 19.8 Å². The first-order valence-corrected chi connectivity index (χ1v) is 5.25. The Bertz CT molecular complexity index is 418. The first-order chi connectivity index (χ1) is 7.91. The van der Waals surface area contributed by atoms with Crippen LogP contribution in [0, 0.1) is 0 Å². The van der Waals surface area contributed by atoms with Gasteiger partial charge in [0.25, 0.3) is 0 Å². The summed E-state index contributed by atoms with van der Waals surface area (Å²) < 4.78 is 0. The maximum Gasteiger partial charge on any atom is 0.321 e. The minimum Gasteiger partial charge on any atom is -0.481 e. The Morgan fingerprint density at radius 1 is 1.24 bits per heavy atom. The van der Waals surface area contributed by atoms with Gasteiger partial charge in [-0.3, -0.25) is 9.59 Å². The summed E-state index contributed by atoms with van der Waals surface area (Å²) in [6, 6.07) is 5.05. The van der Waals surface area contributed by atoms with E-state index < -0.39 is 23.9 Å². The van der Waals surface area contributed by atoms with E-state index in [4.69, 9.17) is 27.5 Å². The summed E-state index contributed by atoms with van der Waals surface area (Å²) in [4.78, 5) is 21.5. The second kappa shape index (κ2) is 5.65. The number of carboxylic acid groups (broad SMARTS) is 2. The minimum absolute atomic E-state index is 0.338. The molecule has 17 heavy (non-hydrogen) atoms. The topological polar surface area (TPSA) is 101 Å². The van der Waals surface area contributed by atoms with Crippen LogP contribution in [0.2, 0.25) is 5.02 Å². The molecule has 1 aromatic rings. The number of hydrogen-bond acceptors (Lipinski definition) is 3. The number of carboxylic acids is 2. The van der Waals surface area contributed by atoms with Crippen LogP contribution in [0.15, 0.2) is 24.3 Å². The average Bonchev–Trinajstić information content (AvgIpc) is 2.26. The molecule has 2 atom stereocenters. The summed E-state index contributed by atoms with van der Waals surface area (Å²) in [6.45, 7) is 0. The molecule has 1 rings (SSSR count). The first-order valence-electron chi connectivity index (χ1n) is 4.87. The van der Waals surface area contributed by atoms with Crippen LogP contribution in [0.4, 0.5) is 0 Å². The van der Waals surface area contributed by atoms with Gasteiger partial charge in [0.15, 0.2) is 0 Å². The Balaban J connectivity index is 3.01. The van der Waals surface area contributed by atoms with Crippen LogP contribution in [-0.4, -0.2) is 28.2 Å². The molecule has 0 radical (unpaired) electrons. The largest absolute Gasteiger partial charge is 0.481 e. The molecule has 0 aromatic heterocycles. The number of benzene rings is 1. The quantitative estimate of drug-likeness (QED) is 0.738. The fourth-order valence-electron chi connectivity index (χ4n) is 1.52. The zero-order valence-electron chi connectivity index (χ0n) is 8.84. The van der Waals surface area contributed by atoms with E-state index in [9.17, 15) is 9.59 Å². The second-order valence-electron chi connectivity index (χ2n) is 3.62. The van der Waals surface area contributed by atoms with Crippen molar-refractivity contribution in [2.75, 3.05) is 0 Å². The van der Waals surface area contributed by atoms with Crippen molar-refractivity contribution in [1.29, 1.82) is 0 Å². The molecule has 0 bridgehead atoms. The third-order valence-corrected chi connectivity index (χ3v) is 2.66. The lowest BCUT2D eigenvalue weighted by Gasteiger charge is -2.19. The summed E-state index contributed by atoms with van der Waals surface area (Å²) >= 11 is 5.70. The Hall–Kier alpha value is -1.59. The van der Waals surface area contributed by atoms with Crippen LogP contribution >= 0.6 is 11.6 Å². The van der Waals surface area contributed by atoms with Gasteiger partial charge in [0, 0.05) is 10.9 Å². The molecular formula is C11H12ClNO4. The molecule has 0 fully saturated rings. The highest BCUT2D eigenvalue weighted by Crippen LogP contribution is 2.24. The first kappa shape index (κ1) is 13.5. The van der Waals surface area contributed by atoms with Crippen LogP contribution in [-0.2, 0) is 9.59 Å². The third kappa shape index (κ3) is 3.72. The molecule has 0 saturated carbocycles. The van der Waals surface area contributed by atoms with Gasteiger partial charge in [-0.25, -0.2) is 0 Å². The minimum atomic E-state index is -1.26. The van der Waals surface area contributed by atoms with Gasteiger partial charge in [-0.2, -0.15) is 0 Å². The zero-order valence-corrected chi connectivity index (χ0v) is 9.59. The van der Waals surface area contributed by atoms with E-state index in [0.29, 0.717) is 10.6 Å². The van der Waals surface area contributed by atoms with Gasteiger partial charge in [0.05, 0.1) is 6.42 Å². The molecule has 5 nitrogen and oxygen atoms in total. The number of carbonyl (C=O) groups is 2. The van der Waals surface area contributed by atoms with Gasteiger partial charge in [-0.05, 0) is 17.7 Å². The van der Waals surface area contributed by atoms with Crippen molar-refractivity contribution in [3.05, 3.63) is 34.9 Å². The summed E-state index contributed by atoms with van der Waals surface area (Å²) in [5.74, 6) is -3.10. The van der Waals surface area contributed by atoms with Crippen molar-refractivity contribution in [3.8, 4) is 0 Å². The summed E-state index contributed by atoms with van der Waals surface area (Å²) in [7, 11) is 0. The van der Waals surface area contributed by atoms with E-state index in [1.54, 1.807) is 24.3 Å². The van der Waals surface area contributed by atoms with Crippen LogP contribution in [0.25, 0.3) is 0 Å². The molecule has 0 saturated heterocycles. The zero-order chi connectivity index (χ0) is 13.0. The fourth-order valence-corrected chi connectivity index (χ4v) is 1.65. The van der Waals surface area contributed by atoms with Gasteiger partial charge in [0.1, 0.15) is 6.04 Å². The normalized spacial score (nSPS) is 14.0. The summed E-state index contributed by atoms with van der Waals surface area (Å²) in [5, 5.41) is 18.1. The molecule has 1 aromatic carbocycles. The van der Waals surface area contributed by atoms with Crippen molar-refractivity contribution in [3.63, 3.8) is 0 Å². The predicted octanol–water partition coefficient (Wildman–Crippen LogP) is 1.31. The van der Waals surface area contributed by atoms with Crippen molar-refractivity contribution in [2.24, 2.45) is 5.73 Å². The van der Waals surface area contributed by atoms with E-state index in [0.717, 1.165) is 0 Å². The number of rotatable bonds is 5. The van der Waals surface area contributed by atoms with Crippen LogP contribution in [0.3, 0.4) is 0 Å². The third-order valence-electron chi connectivity index (χ3n) is 2.41. The molecule has 0 unspecified atom stereocenters. The molecule has 0 heterocycles. The van der Waals surface area contributed by atoms with Crippen molar-refractivity contribution in [1.82, 2.24) is 0 Å². The molecule has 0 amide bonds. The van der Waals surface area contributed by atoms with E-state index >= 15 is 0 Å². The molecule has 4 N–H and O–H groups in total. The number of aliphatic carboxylic acids is 2. The number of hydrogen-bond donors (Lipinski definition) is 3. The van der Waals surface area contributed by atoms with Gasteiger partial charge >= 0.3 is 11.9 Å². The smallest absolute Gasteiger partial charge is 0.321 e. The Morgan fingerprint density at radius 3 is 2.18 bits per heavy atom. The molecular weight excluding hydrogens is 246 g/mol. The molecule has 6 heteroatoms. The Labute approximate surface area is 103 Å². The van der Waals surface area contributed by atoms with Crippen LogP contribution in [0.1, 0.15) is 17.9 Å². The standard InChI is InChI=1S/C11H12ClNO4/c12-7-3-1-6(2-4-7)8(5-9(14)15)10(13)11(16)17/h1-4,8,10H,5,13H2,(H,14,15)(H,16,17)/t8-,10+/m1/s1. The lowest BCUT2D eigenvalue weighted by atomic mass is 9.89. The molecule has 0 aliphatic carbocycles. The molecule has 0 aliphatic heterocycles. The molecule has 92 valence electrons. The second-order valence-corrected chi connectivity index (χ2v) is 4.06. The van der Waals surface area contributed by atoms with Gasteiger partial charge in [-0.1, -0.05) is 23.7 Å². The summed E-state index contributed by atoms with van der Waals surface area (Å²) in [6.07, 6.45) is -0.338. The van der Waals surface area contributed by atoms with Crippen LogP contribution < -0.4 is 5.73 Å². The predicted molar refractivity (Wildman–Crippen MR) is 62.1 cm³/mol. The average molecular weight is 258 g/mol. The maximum atomic E-state index is 10.8. The fraction of sp³-hybridized carbons (Fsp3) is 0.273. The van der Waals surface area contributed by atoms with E-state index in [2.05, 4.69) is 0 Å². The highest BCUT2D eigenvalue weighted by molar-refractivity contribution is 6.30. The van der Waals surface area contributed by atoms with Crippen molar-refractivity contribution in [2.45, 2.75) is 18.4 Å². The molecule has 0 aliphatic rings. The lowest BCUT2D eigenvalue weighted by molar-refractivity contribution is -0.140.